The highest BCUT2D eigenvalue weighted by atomic mass is 16.7. The lowest BCUT2D eigenvalue weighted by Crippen LogP contribution is -2.61. The minimum absolute atomic E-state index is 0.193. The highest BCUT2D eigenvalue weighted by Gasteiger charge is 2.50. The Kier molecular flexibility index (Phi) is 8.35. The van der Waals surface area contributed by atoms with E-state index in [1.165, 1.54) is 0 Å². The first-order chi connectivity index (χ1) is 17.8. The van der Waals surface area contributed by atoms with E-state index >= 15 is 0 Å². The van der Waals surface area contributed by atoms with Crippen LogP contribution in [0.25, 0.3) is 0 Å². The number of ether oxygens (including phenoxy) is 4. The lowest BCUT2D eigenvalue weighted by molar-refractivity contribution is -0.297. The number of carbonyl (C=O) groups excluding carboxylic acids is 2. The van der Waals surface area contributed by atoms with E-state index in [-0.39, 0.29) is 6.61 Å². The summed E-state index contributed by atoms with van der Waals surface area (Å²) in [4.78, 5) is 23.3. The second kappa shape index (κ2) is 11.7. The van der Waals surface area contributed by atoms with Crippen LogP contribution in [-0.2, 0) is 34.1 Å². The summed E-state index contributed by atoms with van der Waals surface area (Å²) in [6.07, 6.45) is -6.95. The maximum atomic E-state index is 11.7. The maximum Gasteiger partial charge on any atom is 0.303 e. The fourth-order valence-corrected chi connectivity index (χ4v) is 4.66. The van der Waals surface area contributed by atoms with Crippen molar-refractivity contribution in [3.05, 3.63) is 108 Å². The molecule has 1 aliphatic heterocycles. The summed E-state index contributed by atoms with van der Waals surface area (Å²) < 4.78 is 22.6. The van der Waals surface area contributed by atoms with Gasteiger partial charge in [-0.1, -0.05) is 91.0 Å². The number of benzene rings is 3. The van der Waals surface area contributed by atoms with Crippen LogP contribution in [0.15, 0.2) is 91.0 Å². The minimum atomic E-state index is -1.65. The van der Waals surface area contributed by atoms with Crippen LogP contribution in [0.1, 0.15) is 30.5 Å². The van der Waals surface area contributed by atoms with Gasteiger partial charge in [-0.3, -0.25) is 9.59 Å². The monoisotopic (exact) mass is 506 g/mol. The Morgan fingerprint density at radius 1 is 0.730 bits per heavy atom. The zero-order valence-corrected chi connectivity index (χ0v) is 20.6. The predicted octanol–water partition coefficient (Wildman–Crippen LogP) is 2.94. The van der Waals surface area contributed by atoms with E-state index in [2.05, 4.69) is 0 Å². The molecule has 4 rings (SSSR count). The Labute approximate surface area is 215 Å². The van der Waals surface area contributed by atoms with Crippen molar-refractivity contribution in [2.24, 2.45) is 0 Å². The van der Waals surface area contributed by atoms with Crippen molar-refractivity contribution in [1.82, 2.24) is 0 Å². The SMILES string of the molecule is CC(=O)OC1C(O)OC(COC(c2ccccc2)(c2ccccc2)c2ccccc2)C(O)C1OC(C)=O. The van der Waals surface area contributed by atoms with Crippen molar-refractivity contribution in [2.75, 3.05) is 6.61 Å². The Balaban J connectivity index is 1.73. The Bertz CT molecular complexity index is 1070. The highest BCUT2D eigenvalue weighted by molar-refractivity contribution is 5.67. The molecule has 1 saturated heterocycles. The molecule has 1 heterocycles. The van der Waals surface area contributed by atoms with Crippen LogP contribution in [0.4, 0.5) is 0 Å². The first-order valence-electron chi connectivity index (χ1n) is 12.0. The summed E-state index contributed by atoms with van der Waals surface area (Å²) in [6.45, 7) is 2.12. The molecule has 0 radical (unpaired) electrons. The van der Waals surface area contributed by atoms with Crippen LogP contribution in [0.5, 0.6) is 0 Å². The van der Waals surface area contributed by atoms with Gasteiger partial charge in [-0.05, 0) is 16.7 Å². The number of aliphatic hydroxyl groups excluding tert-OH is 2. The molecule has 0 amide bonds. The molecule has 0 bridgehead atoms. The van der Waals surface area contributed by atoms with Gasteiger partial charge in [-0.15, -0.1) is 0 Å². The van der Waals surface area contributed by atoms with E-state index in [4.69, 9.17) is 18.9 Å². The molecule has 0 aliphatic carbocycles. The van der Waals surface area contributed by atoms with E-state index in [1.807, 2.05) is 91.0 Å². The van der Waals surface area contributed by atoms with Crippen LogP contribution < -0.4 is 0 Å². The molecule has 3 aromatic carbocycles. The molecule has 0 saturated carbocycles. The van der Waals surface area contributed by atoms with Gasteiger partial charge in [0.2, 0.25) is 0 Å². The van der Waals surface area contributed by atoms with Gasteiger partial charge < -0.3 is 29.2 Å². The van der Waals surface area contributed by atoms with Crippen molar-refractivity contribution in [3.8, 4) is 0 Å². The summed E-state index contributed by atoms with van der Waals surface area (Å²) in [5.74, 6) is -1.43. The maximum absolute atomic E-state index is 11.7. The molecule has 1 fully saturated rings. The van der Waals surface area contributed by atoms with Gasteiger partial charge in [0.05, 0.1) is 6.61 Å². The molecule has 1 aliphatic rings. The summed E-state index contributed by atoms with van der Waals surface area (Å²) in [5.41, 5.74) is 1.43. The molecule has 194 valence electrons. The zero-order valence-electron chi connectivity index (χ0n) is 20.6. The van der Waals surface area contributed by atoms with Gasteiger partial charge in [0.25, 0.3) is 0 Å². The van der Waals surface area contributed by atoms with E-state index in [0.717, 1.165) is 30.5 Å². The second-order valence-electron chi connectivity index (χ2n) is 8.79. The van der Waals surface area contributed by atoms with Crippen molar-refractivity contribution < 1.29 is 38.7 Å². The van der Waals surface area contributed by atoms with Crippen LogP contribution >= 0.6 is 0 Å². The molecule has 3 aromatic rings. The second-order valence-corrected chi connectivity index (χ2v) is 8.79. The smallest absolute Gasteiger partial charge is 0.303 e. The molecular weight excluding hydrogens is 476 g/mol. The quantitative estimate of drug-likeness (QED) is 0.354. The number of esters is 2. The standard InChI is InChI=1S/C29H30O8/c1-19(30)35-26-25(32)24(37-28(33)27(26)36-20(2)31)18-34-29(21-12-6-3-7-13-21,22-14-8-4-9-15-22)23-16-10-5-11-17-23/h3-17,24-28,32-33H,18H2,1-2H3. The molecule has 5 atom stereocenters. The van der Waals surface area contributed by atoms with Crippen LogP contribution in [0.3, 0.4) is 0 Å². The number of aliphatic hydroxyl groups is 2. The zero-order chi connectivity index (χ0) is 26.4. The van der Waals surface area contributed by atoms with E-state index in [1.54, 1.807) is 0 Å². The highest BCUT2D eigenvalue weighted by Crippen LogP contribution is 2.41. The third-order valence-corrected chi connectivity index (χ3v) is 6.25. The Hall–Kier alpha value is -3.56. The normalized spacial score (nSPS) is 23.7. The molecule has 8 nitrogen and oxygen atoms in total. The summed E-state index contributed by atoms with van der Waals surface area (Å²) >= 11 is 0. The van der Waals surface area contributed by atoms with Gasteiger partial charge in [-0.25, -0.2) is 0 Å². The summed E-state index contributed by atoms with van der Waals surface area (Å²) in [5, 5.41) is 21.7. The fraction of sp³-hybridized carbons (Fsp3) is 0.310. The minimum Gasteiger partial charge on any atom is -0.455 e. The summed E-state index contributed by atoms with van der Waals surface area (Å²) in [7, 11) is 0. The van der Waals surface area contributed by atoms with Crippen LogP contribution in [0.2, 0.25) is 0 Å². The third-order valence-electron chi connectivity index (χ3n) is 6.25. The molecule has 5 unspecified atom stereocenters. The van der Waals surface area contributed by atoms with Crippen molar-refractivity contribution >= 4 is 11.9 Å². The largest absolute Gasteiger partial charge is 0.455 e. The Morgan fingerprint density at radius 2 is 1.14 bits per heavy atom. The van der Waals surface area contributed by atoms with Gasteiger partial charge in [0, 0.05) is 13.8 Å². The predicted molar refractivity (Wildman–Crippen MR) is 133 cm³/mol. The van der Waals surface area contributed by atoms with Crippen molar-refractivity contribution in [1.29, 1.82) is 0 Å². The fourth-order valence-electron chi connectivity index (χ4n) is 4.66. The van der Waals surface area contributed by atoms with Gasteiger partial charge in [0.15, 0.2) is 18.5 Å². The molecule has 2 N–H and O–H groups in total. The average molecular weight is 507 g/mol. The number of carbonyl (C=O) groups is 2. The topological polar surface area (TPSA) is 112 Å². The summed E-state index contributed by atoms with van der Waals surface area (Å²) in [6, 6.07) is 28.9. The van der Waals surface area contributed by atoms with Gasteiger partial charge in [-0.2, -0.15) is 0 Å². The third kappa shape index (κ3) is 5.73. The number of hydrogen-bond acceptors (Lipinski definition) is 8. The number of hydrogen-bond donors (Lipinski definition) is 2. The van der Waals surface area contributed by atoms with E-state index in [0.29, 0.717) is 0 Å². The molecular formula is C29H30O8. The van der Waals surface area contributed by atoms with Crippen molar-refractivity contribution in [3.63, 3.8) is 0 Å². The van der Waals surface area contributed by atoms with Gasteiger partial charge in [0.1, 0.15) is 17.8 Å². The first-order valence-corrected chi connectivity index (χ1v) is 12.0. The van der Waals surface area contributed by atoms with E-state index in [9.17, 15) is 19.8 Å². The lowest BCUT2D eigenvalue weighted by Gasteiger charge is -2.43. The van der Waals surface area contributed by atoms with Gasteiger partial charge >= 0.3 is 11.9 Å². The average Bonchev–Trinajstić information content (AvgIpc) is 2.90. The van der Waals surface area contributed by atoms with Crippen molar-refractivity contribution in [2.45, 2.75) is 50.2 Å². The molecule has 37 heavy (non-hydrogen) atoms. The Morgan fingerprint density at radius 3 is 1.54 bits per heavy atom. The van der Waals surface area contributed by atoms with E-state index < -0.39 is 48.2 Å². The number of rotatable bonds is 8. The van der Waals surface area contributed by atoms with Crippen LogP contribution in [0, 0.1) is 0 Å². The molecule has 0 aromatic heterocycles. The lowest BCUT2D eigenvalue weighted by atomic mass is 9.80. The first kappa shape index (κ1) is 26.5. The molecule has 0 spiro atoms. The van der Waals surface area contributed by atoms with Crippen LogP contribution in [-0.4, -0.2) is 59.5 Å². The molecule has 8 heteroatoms.